The molecule has 9 heteroatoms. The summed E-state index contributed by atoms with van der Waals surface area (Å²) in [6.45, 7) is 0.110. The Morgan fingerprint density at radius 3 is 2.21 bits per heavy atom. The lowest BCUT2D eigenvalue weighted by molar-refractivity contribution is -0.394. The molecule has 2 aromatic carbocycles. The van der Waals surface area contributed by atoms with E-state index in [-0.39, 0.29) is 12.1 Å². The van der Waals surface area contributed by atoms with Crippen molar-refractivity contribution in [1.29, 1.82) is 0 Å². The van der Waals surface area contributed by atoms with Gasteiger partial charge in [0.2, 0.25) is 0 Å². The summed E-state index contributed by atoms with van der Waals surface area (Å²) in [6.07, 6.45) is 0. The lowest BCUT2D eigenvalue weighted by Gasteiger charge is -2.09. The van der Waals surface area contributed by atoms with Crippen LogP contribution >= 0.6 is 0 Å². The number of nitro groups is 2. The second-order valence-corrected chi connectivity index (χ2v) is 4.75. The molecule has 0 aromatic heterocycles. The Bertz CT molecular complexity index is 773. The molecule has 0 heterocycles. The van der Waals surface area contributed by atoms with E-state index in [1.807, 2.05) is 0 Å². The minimum atomic E-state index is -0.788. The maximum absolute atomic E-state index is 12.2. The van der Waals surface area contributed by atoms with Crippen molar-refractivity contribution in [1.82, 2.24) is 5.32 Å². The van der Waals surface area contributed by atoms with Crippen molar-refractivity contribution in [2.75, 3.05) is 7.11 Å². The van der Waals surface area contributed by atoms with Crippen molar-refractivity contribution in [2.24, 2.45) is 0 Å². The van der Waals surface area contributed by atoms with Crippen LogP contribution in [0.4, 0.5) is 11.4 Å². The Morgan fingerprint density at radius 1 is 1.08 bits per heavy atom. The minimum Gasteiger partial charge on any atom is -0.496 e. The lowest BCUT2D eigenvalue weighted by atomic mass is 10.1. The molecule has 0 radical (unpaired) electrons. The monoisotopic (exact) mass is 331 g/mol. The number of carbonyl (C=O) groups excluding carboxylic acids is 1. The summed E-state index contributed by atoms with van der Waals surface area (Å²) in [7, 11) is 1.49. The zero-order valence-electron chi connectivity index (χ0n) is 12.6. The number of rotatable bonds is 6. The first-order chi connectivity index (χ1) is 11.4. The third-order valence-electron chi connectivity index (χ3n) is 3.22. The average molecular weight is 331 g/mol. The third kappa shape index (κ3) is 3.83. The van der Waals surface area contributed by atoms with E-state index >= 15 is 0 Å². The fourth-order valence-electron chi connectivity index (χ4n) is 2.06. The van der Waals surface area contributed by atoms with Crippen LogP contribution in [0.2, 0.25) is 0 Å². The molecule has 124 valence electrons. The van der Waals surface area contributed by atoms with Crippen LogP contribution in [0.25, 0.3) is 0 Å². The molecule has 2 rings (SSSR count). The molecule has 0 saturated carbocycles. The summed E-state index contributed by atoms with van der Waals surface area (Å²) >= 11 is 0. The van der Waals surface area contributed by atoms with E-state index in [4.69, 9.17) is 4.74 Å². The molecule has 0 unspecified atom stereocenters. The van der Waals surface area contributed by atoms with Gasteiger partial charge in [-0.15, -0.1) is 0 Å². The highest BCUT2D eigenvalue weighted by molar-refractivity contribution is 5.95. The lowest BCUT2D eigenvalue weighted by Crippen LogP contribution is -2.23. The van der Waals surface area contributed by atoms with Crippen molar-refractivity contribution < 1.29 is 19.4 Å². The van der Waals surface area contributed by atoms with E-state index in [0.29, 0.717) is 11.3 Å². The highest BCUT2D eigenvalue weighted by Crippen LogP contribution is 2.23. The van der Waals surface area contributed by atoms with Gasteiger partial charge in [0.15, 0.2) is 0 Å². The molecule has 9 nitrogen and oxygen atoms in total. The molecule has 1 amide bonds. The van der Waals surface area contributed by atoms with Crippen LogP contribution in [0.1, 0.15) is 15.9 Å². The van der Waals surface area contributed by atoms with Crippen molar-refractivity contribution in [2.45, 2.75) is 6.54 Å². The predicted octanol–water partition coefficient (Wildman–Crippen LogP) is 2.44. The van der Waals surface area contributed by atoms with Gasteiger partial charge in [-0.05, 0) is 6.07 Å². The summed E-state index contributed by atoms with van der Waals surface area (Å²) in [5.74, 6) is -0.0875. The average Bonchev–Trinajstić information content (AvgIpc) is 2.59. The Kier molecular flexibility index (Phi) is 5.05. The van der Waals surface area contributed by atoms with Crippen LogP contribution in [0, 0.1) is 20.2 Å². The first-order valence-corrected chi connectivity index (χ1v) is 6.76. The maximum atomic E-state index is 12.2. The Labute approximate surface area is 136 Å². The second-order valence-electron chi connectivity index (χ2n) is 4.75. The Morgan fingerprint density at radius 2 is 1.67 bits per heavy atom. The van der Waals surface area contributed by atoms with E-state index in [9.17, 15) is 25.0 Å². The molecule has 0 saturated heterocycles. The number of amides is 1. The molecule has 0 aliphatic heterocycles. The highest BCUT2D eigenvalue weighted by Gasteiger charge is 2.19. The van der Waals surface area contributed by atoms with E-state index in [1.54, 1.807) is 24.3 Å². The van der Waals surface area contributed by atoms with Crippen LogP contribution < -0.4 is 10.1 Å². The number of ether oxygens (including phenoxy) is 1. The van der Waals surface area contributed by atoms with E-state index in [2.05, 4.69) is 5.32 Å². The number of nitrogens with one attached hydrogen (secondary N) is 1. The first kappa shape index (κ1) is 16.9. The van der Waals surface area contributed by atoms with Crippen LogP contribution in [0.15, 0.2) is 42.5 Å². The van der Waals surface area contributed by atoms with Gasteiger partial charge in [0.1, 0.15) is 5.75 Å². The number of carbonyl (C=O) groups is 1. The summed E-state index contributed by atoms with van der Waals surface area (Å²) in [5, 5.41) is 24.3. The van der Waals surface area contributed by atoms with Crippen LogP contribution in [-0.4, -0.2) is 22.9 Å². The Hall–Kier alpha value is -3.49. The minimum absolute atomic E-state index is 0.110. The van der Waals surface area contributed by atoms with Gasteiger partial charge in [0.25, 0.3) is 17.3 Å². The van der Waals surface area contributed by atoms with Crippen molar-refractivity contribution in [3.63, 3.8) is 0 Å². The zero-order chi connectivity index (χ0) is 17.7. The quantitative estimate of drug-likeness (QED) is 0.640. The van der Waals surface area contributed by atoms with E-state index in [1.165, 1.54) is 7.11 Å². The standard InChI is InChI=1S/C15H13N3O6/c1-24-14-5-3-2-4-10(14)9-16-15(19)11-6-12(17(20)21)8-13(7-11)18(22)23/h2-8H,9H2,1H3,(H,16,19). The number of para-hydroxylation sites is 1. The van der Waals surface area contributed by atoms with Gasteiger partial charge in [-0.1, -0.05) is 18.2 Å². The van der Waals surface area contributed by atoms with Gasteiger partial charge in [-0.3, -0.25) is 25.0 Å². The molecule has 24 heavy (non-hydrogen) atoms. The number of hydrogen-bond acceptors (Lipinski definition) is 6. The molecular weight excluding hydrogens is 318 g/mol. The van der Waals surface area contributed by atoms with Crippen molar-refractivity contribution >= 4 is 17.3 Å². The highest BCUT2D eigenvalue weighted by atomic mass is 16.6. The van der Waals surface area contributed by atoms with Crippen LogP contribution in [0.5, 0.6) is 5.75 Å². The SMILES string of the molecule is COc1ccccc1CNC(=O)c1cc([N+](=O)[O-])cc([N+](=O)[O-])c1. The maximum Gasteiger partial charge on any atom is 0.277 e. The van der Waals surface area contributed by atoms with Gasteiger partial charge in [-0.2, -0.15) is 0 Å². The molecule has 0 bridgehead atoms. The van der Waals surface area contributed by atoms with Crippen molar-refractivity contribution in [3.05, 3.63) is 73.8 Å². The van der Waals surface area contributed by atoms with E-state index < -0.39 is 27.1 Å². The van der Waals surface area contributed by atoms with Crippen LogP contribution in [-0.2, 0) is 6.54 Å². The van der Waals surface area contributed by atoms with Gasteiger partial charge in [0, 0.05) is 24.2 Å². The molecule has 0 fully saturated rings. The van der Waals surface area contributed by atoms with E-state index in [0.717, 1.165) is 18.2 Å². The molecule has 0 atom stereocenters. The number of nitrogens with zero attached hydrogens (tertiary/aromatic N) is 2. The first-order valence-electron chi connectivity index (χ1n) is 6.76. The predicted molar refractivity (Wildman–Crippen MR) is 83.9 cm³/mol. The molecule has 0 spiro atoms. The number of hydrogen-bond donors (Lipinski definition) is 1. The summed E-state index contributed by atoms with van der Waals surface area (Å²) in [4.78, 5) is 32.3. The molecule has 2 aromatic rings. The zero-order valence-corrected chi connectivity index (χ0v) is 12.6. The number of methoxy groups -OCH3 is 1. The normalized spacial score (nSPS) is 10.0. The molecule has 0 aliphatic carbocycles. The van der Waals surface area contributed by atoms with Gasteiger partial charge >= 0.3 is 0 Å². The van der Waals surface area contributed by atoms with Gasteiger partial charge in [-0.25, -0.2) is 0 Å². The van der Waals surface area contributed by atoms with Gasteiger partial charge < -0.3 is 10.1 Å². The van der Waals surface area contributed by atoms with Crippen LogP contribution in [0.3, 0.4) is 0 Å². The fraction of sp³-hybridized carbons (Fsp3) is 0.133. The molecule has 0 aliphatic rings. The third-order valence-corrected chi connectivity index (χ3v) is 3.22. The van der Waals surface area contributed by atoms with Gasteiger partial charge in [0.05, 0.1) is 28.6 Å². The smallest absolute Gasteiger partial charge is 0.277 e. The molecule has 1 N–H and O–H groups in total. The Balaban J connectivity index is 2.23. The fourth-order valence-corrected chi connectivity index (χ4v) is 2.06. The second kappa shape index (κ2) is 7.18. The summed E-state index contributed by atoms with van der Waals surface area (Å²) < 4.78 is 5.15. The number of benzene rings is 2. The number of nitro benzene ring substituents is 2. The molecular formula is C15H13N3O6. The summed E-state index contributed by atoms with van der Waals surface area (Å²) in [6, 6.07) is 9.79. The number of non-ortho nitro benzene ring substituents is 2. The topological polar surface area (TPSA) is 125 Å². The summed E-state index contributed by atoms with van der Waals surface area (Å²) in [5.41, 5.74) is -0.502. The largest absolute Gasteiger partial charge is 0.496 e. The van der Waals surface area contributed by atoms with Crippen molar-refractivity contribution in [3.8, 4) is 5.75 Å².